The Bertz CT molecular complexity index is 932. The summed E-state index contributed by atoms with van der Waals surface area (Å²) in [6.07, 6.45) is 0.687. The van der Waals surface area contributed by atoms with E-state index in [0.29, 0.717) is 42.4 Å². The van der Waals surface area contributed by atoms with Gasteiger partial charge in [-0.3, -0.25) is 19.4 Å². The largest absolute Gasteiger partial charge is 0.497 e. The number of urea groups is 1. The first-order valence-electron chi connectivity index (χ1n) is 9.91. The first-order valence-corrected chi connectivity index (χ1v) is 9.91. The van der Waals surface area contributed by atoms with Crippen molar-refractivity contribution in [2.24, 2.45) is 0 Å². The molecule has 31 heavy (non-hydrogen) atoms. The van der Waals surface area contributed by atoms with E-state index in [0.717, 1.165) is 0 Å². The van der Waals surface area contributed by atoms with Gasteiger partial charge in [-0.05, 0) is 42.8 Å². The number of methoxy groups -OCH3 is 2. The first kappa shape index (κ1) is 22.1. The van der Waals surface area contributed by atoms with Crippen LogP contribution in [0.5, 0.6) is 5.75 Å². The molecule has 1 aliphatic heterocycles. The summed E-state index contributed by atoms with van der Waals surface area (Å²) in [7, 11) is 3.16. The van der Waals surface area contributed by atoms with Gasteiger partial charge in [-0.15, -0.1) is 0 Å². The molecule has 0 unspecified atom stereocenters. The number of hydrogen-bond acceptors (Lipinski definition) is 5. The zero-order valence-electron chi connectivity index (χ0n) is 17.6. The molecule has 1 aliphatic rings. The Labute approximate surface area is 180 Å². The molecule has 2 N–H and O–H groups in total. The number of hydrogen-bond donors (Lipinski definition) is 2. The number of para-hydroxylation sites is 2. The summed E-state index contributed by atoms with van der Waals surface area (Å²) in [6.45, 7) is 0.726. The highest BCUT2D eigenvalue weighted by Crippen LogP contribution is 2.33. The van der Waals surface area contributed by atoms with Crippen LogP contribution in [0, 0.1) is 0 Å². The summed E-state index contributed by atoms with van der Waals surface area (Å²) in [6, 6.07) is 13.5. The van der Waals surface area contributed by atoms with E-state index < -0.39 is 6.03 Å². The molecular formula is C22H26N4O5. The molecule has 2 aromatic carbocycles. The first-order chi connectivity index (χ1) is 15.0. The van der Waals surface area contributed by atoms with Crippen molar-refractivity contribution in [1.82, 2.24) is 5.32 Å². The van der Waals surface area contributed by atoms with Gasteiger partial charge in [-0.1, -0.05) is 12.1 Å². The molecule has 0 saturated carbocycles. The van der Waals surface area contributed by atoms with Crippen LogP contribution in [0.1, 0.15) is 6.42 Å². The molecule has 0 saturated heterocycles. The normalized spacial score (nSPS) is 12.9. The summed E-state index contributed by atoms with van der Waals surface area (Å²) in [4.78, 5) is 40.8. The second-order valence-electron chi connectivity index (χ2n) is 6.91. The van der Waals surface area contributed by atoms with Crippen LogP contribution < -0.4 is 25.2 Å². The van der Waals surface area contributed by atoms with Crippen molar-refractivity contribution >= 4 is 34.9 Å². The molecule has 0 aromatic heterocycles. The molecular weight excluding hydrogens is 400 g/mol. The van der Waals surface area contributed by atoms with Gasteiger partial charge in [0.1, 0.15) is 18.8 Å². The van der Waals surface area contributed by atoms with Crippen molar-refractivity contribution in [3.05, 3.63) is 48.5 Å². The van der Waals surface area contributed by atoms with Crippen LogP contribution in [-0.4, -0.2) is 58.3 Å². The van der Waals surface area contributed by atoms with Crippen LogP contribution in [0.4, 0.5) is 21.9 Å². The molecule has 164 valence electrons. The number of ether oxygens (including phenoxy) is 2. The lowest BCUT2D eigenvalue weighted by atomic mass is 10.1. The fourth-order valence-corrected chi connectivity index (χ4v) is 3.22. The number of carbonyl (C=O) groups is 3. The maximum atomic E-state index is 12.9. The standard InChI is InChI=1S/C22H26N4O5/c1-30-13-5-12-23-20(27)14-25-18-6-3-4-7-19(18)26(15-21(25)28)22(29)24-16-8-10-17(31-2)11-9-16/h3-4,6-11H,5,12-15H2,1-2H3,(H,23,27)(H,24,29). The van der Waals surface area contributed by atoms with E-state index in [9.17, 15) is 14.4 Å². The number of benzene rings is 2. The smallest absolute Gasteiger partial charge is 0.326 e. The van der Waals surface area contributed by atoms with Crippen molar-refractivity contribution in [3.8, 4) is 5.75 Å². The van der Waals surface area contributed by atoms with Gasteiger partial charge in [0.25, 0.3) is 0 Å². The number of carbonyl (C=O) groups excluding carboxylic acids is 3. The number of fused-ring (bicyclic) bond motifs is 1. The molecule has 0 spiro atoms. The van der Waals surface area contributed by atoms with Gasteiger partial charge in [0.15, 0.2) is 0 Å². The molecule has 0 fully saturated rings. The molecule has 0 atom stereocenters. The van der Waals surface area contributed by atoms with Gasteiger partial charge >= 0.3 is 6.03 Å². The lowest BCUT2D eigenvalue weighted by Gasteiger charge is -2.35. The minimum atomic E-state index is -0.436. The topological polar surface area (TPSA) is 100 Å². The second-order valence-corrected chi connectivity index (χ2v) is 6.91. The van der Waals surface area contributed by atoms with Gasteiger partial charge in [-0.2, -0.15) is 0 Å². The van der Waals surface area contributed by atoms with Gasteiger partial charge in [-0.25, -0.2) is 4.79 Å². The van der Waals surface area contributed by atoms with Crippen LogP contribution in [0.25, 0.3) is 0 Å². The molecule has 1 heterocycles. The quantitative estimate of drug-likeness (QED) is 0.631. The van der Waals surface area contributed by atoms with Gasteiger partial charge < -0.3 is 20.1 Å². The third-order valence-corrected chi connectivity index (χ3v) is 4.79. The van der Waals surface area contributed by atoms with Gasteiger partial charge in [0.2, 0.25) is 11.8 Å². The highest BCUT2D eigenvalue weighted by Gasteiger charge is 2.33. The Hall–Kier alpha value is -3.59. The van der Waals surface area contributed by atoms with E-state index in [1.165, 1.54) is 9.80 Å². The molecule has 9 heteroatoms. The molecule has 0 aliphatic carbocycles. The summed E-state index contributed by atoms with van der Waals surface area (Å²) >= 11 is 0. The van der Waals surface area contributed by atoms with Crippen LogP contribution in [0.15, 0.2) is 48.5 Å². The van der Waals surface area contributed by atoms with Crippen molar-refractivity contribution in [3.63, 3.8) is 0 Å². The van der Waals surface area contributed by atoms with E-state index >= 15 is 0 Å². The zero-order chi connectivity index (χ0) is 22.2. The predicted molar refractivity (Wildman–Crippen MR) is 118 cm³/mol. The van der Waals surface area contributed by atoms with Crippen molar-refractivity contribution in [1.29, 1.82) is 0 Å². The lowest BCUT2D eigenvalue weighted by molar-refractivity contribution is -0.123. The van der Waals surface area contributed by atoms with Crippen molar-refractivity contribution in [2.45, 2.75) is 6.42 Å². The molecule has 0 radical (unpaired) electrons. The average Bonchev–Trinajstić information content (AvgIpc) is 2.79. The highest BCUT2D eigenvalue weighted by molar-refractivity contribution is 6.15. The molecule has 2 aromatic rings. The van der Waals surface area contributed by atoms with E-state index in [1.54, 1.807) is 62.8 Å². The molecule has 4 amide bonds. The minimum Gasteiger partial charge on any atom is -0.497 e. The SMILES string of the molecule is COCCCNC(=O)CN1C(=O)CN(C(=O)Nc2ccc(OC)cc2)c2ccccc21. The summed E-state index contributed by atoms with van der Waals surface area (Å²) in [5.41, 5.74) is 1.64. The Kier molecular flexibility index (Phi) is 7.45. The highest BCUT2D eigenvalue weighted by atomic mass is 16.5. The third kappa shape index (κ3) is 5.52. The predicted octanol–water partition coefficient (Wildman–Crippen LogP) is 2.23. The summed E-state index contributed by atoms with van der Waals surface area (Å²) in [5, 5.41) is 5.57. The fraction of sp³-hybridized carbons (Fsp3) is 0.318. The zero-order valence-corrected chi connectivity index (χ0v) is 17.6. The van der Waals surface area contributed by atoms with E-state index in [4.69, 9.17) is 9.47 Å². The Morgan fingerprint density at radius 2 is 1.74 bits per heavy atom. The van der Waals surface area contributed by atoms with E-state index in [-0.39, 0.29) is 24.9 Å². The van der Waals surface area contributed by atoms with E-state index in [1.807, 2.05) is 0 Å². The summed E-state index contributed by atoms with van der Waals surface area (Å²) in [5.74, 6) is 0.0682. The number of nitrogens with one attached hydrogen (secondary N) is 2. The van der Waals surface area contributed by atoms with Crippen LogP contribution >= 0.6 is 0 Å². The average molecular weight is 426 g/mol. The maximum absolute atomic E-state index is 12.9. The van der Waals surface area contributed by atoms with Crippen LogP contribution in [-0.2, 0) is 14.3 Å². The van der Waals surface area contributed by atoms with Crippen molar-refractivity contribution < 1.29 is 23.9 Å². The summed E-state index contributed by atoms with van der Waals surface area (Å²) < 4.78 is 10.1. The Morgan fingerprint density at radius 3 is 2.42 bits per heavy atom. The number of anilines is 3. The van der Waals surface area contributed by atoms with Crippen molar-refractivity contribution in [2.75, 3.05) is 55.6 Å². The maximum Gasteiger partial charge on any atom is 0.326 e. The second kappa shape index (κ2) is 10.4. The number of amides is 4. The number of rotatable bonds is 8. The van der Waals surface area contributed by atoms with Gasteiger partial charge in [0, 0.05) is 25.9 Å². The van der Waals surface area contributed by atoms with Crippen LogP contribution in [0.2, 0.25) is 0 Å². The van der Waals surface area contributed by atoms with Gasteiger partial charge in [0.05, 0.1) is 18.5 Å². The monoisotopic (exact) mass is 426 g/mol. The molecule has 3 rings (SSSR count). The molecule has 9 nitrogen and oxygen atoms in total. The Morgan fingerprint density at radius 1 is 1.03 bits per heavy atom. The lowest BCUT2D eigenvalue weighted by Crippen LogP contribution is -2.52. The van der Waals surface area contributed by atoms with Crippen LogP contribution in [0.3, 0.4) is 0 Å². The molecule has 0 bridgehead atoms. The fourth-order valence-electron chi connectivity index (χ4n) is 3.22. The Balaban J connectivity index is 1.72. The number of nitrogens with zero attached hydrogens (tertiary/aromatic N) is 2. The minimum absolute atomic E-state index is 0.114. The third-order valence-electron chi connectivity index (χ3n) is 4.79. The van der Waals surface area contributed by atoms with E-state index in [2.05, 4.69) is 10.6 Å².